The van der Waals surface area contributed by atoms with Gasteiger partial charge in [0.25, 0.3) is 11.5 Å². The van der Waals surface area contributed by atoms with Crippen molar-refractivity contribution >= 4 is 22.5 Å². The van der Waals surface area contributed by atoms with Gasteiger partial charge in [-0.15, -0.1) is 0 Å². The number of ether oxygens (including phenoxy) is 1. The van der Waals surface area contributed by atoms with E-state index in [-0.39, 0.29) is 11.5 Å². The summed E-state index contributed by atoms with van der Waals surface area (Å²) in [5.41, 5.74) is 2.54. The quantitative estimate of drug-likeness (QED) is 0.504. The Balaban J connectivity index is 1.54. The number of amides is 1. The molecule has 32 heavy (non-hydrogen) atoms. The van der Waals surface area contributed by atoms with Crippen molar-refractivity contribution in [3.05, 3.63) is 94.3 Å². The van der Waals surface area contributed by atoms with Crippen LogP contribution in [0.3, 0.4) is 0 Å². The predicted molar refractivity (Wildman–Crippen MR) is 122 cm³/mol. The summed E-state index contributed by atoms with van der Waals surface area (Å²) in [5, 5.41) is 3.33. The molecule has 5 rings (SSSR count). The Bertz CT molecular complexity index is 1360. The number of benzene rings is 2. The average Bonchev–Trinajstić information content (AvgIpc) is 3.67. The normalized spacial score (nSPS) is 13.2. The fourth-order valence-electron chi connectivity index (χ4n) is 3.78. The largest absolute Gasteiger partial charge is 0.497 e. The second kappa shape index (κ2) is 8.26. The van der Waals surface area contributed by atoms with Crippen molar-refractivity contribution in [2.24, 2.45) is 0 Å². The van der Waals surface area contributed by atoms with Gasteiger partial charge in [0.1, 0.15) is 11.6 Å². The van der Waals surface area contributed by atoms with Crippen LogP contribution in [0.15, 0.2) is 71.8 Å². The monoisotopic (exact) mass is 426 g/mol. The lowest BCUT2D eigenvalue weighted by Gasteiger charge is -2.14. The minimum absolute atomic E-state index is 0.111. The number of hydrogen-bond acceptors (Lipinski definition) is 5. The number of carbonyl (C=O) groups is 1. The Morgan fingerprint density at radius 3 is 2.69 bits per heavy atom. The number of hydrogen-bond donors (Lipinski definition) is 1. The number of rotatable bonds is 6. The summed E-state index contributed by atoms with van der Waals surface area (Å²) >= 11 is 0. The topological polar surface area (TPSA) is 86.1 Å². The molecule has 0 atom stereocenters. The molecule has 1 amide bonds. The summed E-state index contributed by atoms with van der Waals surface area (Å²) < 4.78 is 7.08. The standard InChI is InChI=1S/C25H22N4O3/c1-32-20-4-2-3-16(13-20)15-29-23(17-5-6-17)28-22-8-7-19(14-21(22)25(29)31)27-24(30)18-9-11-26-12-10-18/h2-4,7-14,17H,5-6,15H2,1H3,(H,27,30). The molecular weight excluding hydrogens is 404 g/mol. The molecule has 0 bridgehead atoms. The summed E-state index contributed by atoms with van der Waals surface area (Å²) in [6.45, 7) is 0.415. The highest BCUT2D eigenvalue weighted by atomic mass is 16.5. The molecule has 2 aromatic heterocycles. The second-order valence-electron chi connectivity index (χ2n) is 7.91. The van der Waals surface area contributed by atoms with Gasteiger partial charge in [-0.25, -0.2) is 4.98 Å². The zero-order valence-electron chi connectivity index (χ0n) is 17.6. The smallest absolute Gasteiger partial charge is 0.261 e. The number of carbonyl (C=O) groups excluding carboxylic acids is 1. The van der Waals surface area contributed by atoms with E-state index in [1.807, 2.05) is 24.3 Å². The summed E-state index contributed by atoms with van der Waals surface area (Å²) in [5.74, 6) is 1.62. The van der Waals surface area contributed by atoms with E-state index in [4.69, 9.17) is 9.72 Å². The minimum atomic E-state index is -0.258. The van der Waals surface area contributed by atoms with E-state index in [0.717, 1.165) is 30.0 Å². The van der Waals surface area contributed by atoms with E-state index in [1.165, 1.54) is 0 Å². The van der Waals surface area contributed by atoms with Crippen LogP contribution in [0, 0.1) is 0 Å². The van der Waals surface area contributed by atoms with E-state index in [1.54, 1.807) is 54.4 Å². The number of anilines is 1. The molecule has 7 heteroatoms. The van der Waals surface area contributed by atoms with Crippen LogP contribution in [0.5, 0.6) is 5.75 Å². The molecule has 1 fully saturated rings. The Hall–Kier alpha value is -4.00. The summed E-state index contributed by atoms with van der Waals surface area (Å²) in [6.07, 6.45) is 5.21. The highest BCUT2D eigenvalue weighted by Gasteiger charge is 2.29. The lowest BCUT2D eigenvalue weighted by molar-refractivity contribution is 0.102. The Morgan fingerprint density at radius 2 is 1.94 bits per heavy atom. The van der Waals surface area contributed by atoms with Crippen molar-refractivity contribution in [2.45, 2.75) is 25.3 Å². The first-order chi connectivity index (χ1) is 15.6. The molecule has 1 aliphatic rings. The summed E-state index contributed by atoms with van der Waals surface area (Å²) in [6, 6.07) is 16.2. The molecule has 0 aliphatic heterocycles. The molecule has 160 valence electrons. The first kappa shape index (κ1) is 19.9. The first-order valence-electron chi connectivity index (χ1n) is 10.5. The number of nitrogens with one attached hydrogen (secondary N) is 1. The SMILES string of the molecule is COc1cccc(Cn2c(C3CC3)nc3ccc(NC(=O)c4ccncc4)cc3c2=O)c1. The lowest BCUT2D eigenvalue weighted by Crippen LogP contribution is -2.26. The third-order valence-corrected chi connectivity index (χ3v) is 5.60. The zero-order chi connectivity index (χ0) is 22.1. The molecule has 2 aromatic carbocycles. The van der Waals surface area contributed by atoms with Gasteiger partial charge in [0.05, 0.1) is 24.6 Å². The fraction of sp³-hybridized carbons (Fsp3) is 0.200. The maximum atomic E-state index is 13.5. The van der Waals surface area contributed by atoms with E-state index >= 15 is 0 Å². The summed E-state index contributed by atoms with van der Waals surface area (Å²) in [7, 11) is 1.63. The van der Waals surface area contributed by atoms with E-state index < -0.39 is 0 Å². The molecule has 0 unspecified atom stereocenters. The Morgan fingerprint density at radius 1 is 1.12 bits per heavy atom. The van der Waals surface area contributed by atoms with Crippen LogP contribution >= 0.6 is 0 Å². The molecule has 1 N–H and O–H groups in total. The summed E-state index contributed by atoms with van der Waals surface area (Å²) in [4.78, 5) is 34.8. The highest BCUT2D eigenvalue weighted by molar-refractivity contribution is 6.04. The number of pyridine rings is 1. The van der Waals surface area contributed by atoms with Crippen LogP contribution in [-0.2, 0) is 6.54 Å². The maximum Gasteiger partial charge on any atom is 0.261 e. The third-order valence-electron chi connectivity index (χ3n) is 5.60. The molecule has 0 spiro atoms. The Kier molecular flexibility index (Phi) is 5.15. The van der Waals surface area contributed by atoms with E-state index in [0.29, 0.717) is 34.6 Å². The Labute approximate surface area is 184 Å². The van der Waals surface area contributed by atoms with Crippen LogP contribution in [0.25, 0.3) is 10.9 Å². The van der Waals surface area contributed by atoms with Gasteiger partial charge in [-0.1, -0.05) is 12.1 Å². The van der Waals surface area contributed by atoms with Crippen LogP contribution < -0.4 is 15.6 Å². The molecule has 2 heterocycles. The van der Waals surface area contributed by atoms with Crippen molar-refractivity contribution < 1.29 is 9.53 Å². The maximum absolute atomic E-state index is 13.5. The fourth-order valence-corrected chi connectivity index (χ4v) is 3.78. The van der Waals surface area contributed by atoms with E-state index in [2.05, 4.69) is 10.3 Å². The second-order valence-corrected chi connectivity index (χ2v) is 7.91. The number of nitrogens with zero attached hydrogens (tertiary/aromatic N) is 3. The van der Waals surface area contributed by atoms with E-state index in [9.17, 15) is 9.59 Å². The van der Waals surface area contributed by atoms with Crippen molar-refractivity contribution in [1.82, 2.24) is 14.5 Å². The van der Waals surface area contributed by atoms with Crippen LogP contribution in [0.2, 0.25) is 0 Å². The van der Waals surface area contributed by atoms with Gasteiger partial charge in [0, 0.05) is 29.6 Å². The minimum Gasteiger partial charge on any atom is -0.497 e. The van der Waals surface area contributed by atoms with Crippen molar-refractivity contribution in [1.29, 1.82) is 0 Å². The van der Waals surface area contributed by atoms with Crippen molar-refractivity contribution in [2.75, 3.05) is 12.4 Å². The van der Waals surface area contributed by atoms with Crippen LogP contribution in [-0.4, -0.2) is 27.6 Å². The van der Waals surface area contributed by atoms with Gasteiger partial charge in [-0.05, 0) is 60.9 Å². The van der Waals surface area contributed by atoms with Gasteiger partial charge in [0.2, 0.25) is 0 Å². The third kappa shape index (κ3) is 3.97. The zero-order valence-corrected chi connectivity index (χ0v) is 17.6. The van der Waals surface area contributed by atoms with Gasteiger partial charge in [0.15, 0.2) is 0 Å². The van der Waals surface area contributed by atoms with Crippen LogP contribution in [0.4, 0.5) is 5.69 Å². The molecule has 1 saturated carbocycles. The molecule has 0 radical (unpaired) electrons. The number of methoxy groups -OCH3 is 1. The molecule has 7 nitrogen and oxygen atoms in total. The molecule has 1 aliphatic carbocycles. The van der Waals surface area contributed by atoms with Crippen LogP contribution in [0.1, 0.15) is 40.5 Å². The average molecular weight is 426 g/mol. The highest BCUT2D eigenvalue weighted by Crippen LogP contribution is 2.39. The van der Waals surface area contributed by atoms with Gasteiger partial charge in [-0.2, -0.15) is 0 Å². The first-order valence-corrected chi connectivity index (χ1v) is 10.5. The molecular formula is C25H22N4O3. The lowest BCUT2D eigenvalue weighted by atomic mass is 10.1. The van der Waals surface area contributed by atoms with Gasteiger partial charge in [-0.3, -0.25) is 19.1 Å². The number of aromatic nitrogens is 3. The predicted octanol–water partition coefficient (Wildman–Crippen LogP) is 3.98. The van der Waals surface area contributed by atoms with Crippen molar-refractivity contribution in [3.8, 4) is 5.75 Å². The molecule has 4 aromatic rings. The number of fused-ring (bicyclic) bond motifs is 1. The van der Waals surface area contributed by atoms with Gasteiger partial charge < -0.3 is 10.1 Å². The van der Waals surface area contributed by atoms with Crippen molar-refractivity contribution in [3.63, 3.8) is 0 Å². The molecule has 0 saturated heterocycles. The van der Waals surface area contributed by atoms with Gasteiger partial charge >= 0.3 is 0 Å².